The van der Waals surface area contributed by atoms with Crippen LogP contribution in [0.25, 0.3) is 0 Å². The van der Waals surface area contributed by atoms with Gasteiger partial charge in [-0.2, -0.15) is 0 Å². The molecule has 5 nitrogen and oxygen atoms in total. The molecule has 1 heterocycles. The molecular formula is C25H35NO4S. The molecule has 0 atom stereocenters. The van der Waals surface area contributed by atoms with E-state index in [1.54, 1.807) is 11.0 Å². The Morgan fingerprint density at radius 1 is 1.06 bits per heavy atom. The summed E-state index contributed by atoms with van der Waals surface area (Å²) in [6.45, 7) is 8.27. The highest BCUT2D eigenvalue weighted by Crippen LogP contribution is 2.38. The van der Waals surface area contributed by atoms with Crippen molar-refractivity contribution in [3.05, 3.63) is 15.8 Å². The van der Waals surface area contributed by atoms with Gasteiger partial charge in [0.05, 0.1) is 16.7 Å². The summed E-state index contributed by atoms with van der Waals surface area (Å²) in [4.78, 5) is 28.5. The van der Waals surface area contributed by atoms with E-state index in [0.717, 1.165) is 37.0 Å². The second kappa shape index (κ2) is 9.75. The quantitative estimate of drug-likeness (QED) is 0.616. The van der Waals surface area contributed by atoms with Gasteiger partial charge in [0.1, 0.15) is 4.88 Å². The molecule has 0 aliphatic heterocycles. The second-order valence-electron chi connectivity index (χ2n) is 10.3. The average Bonchev–Trinajstić information content (AvgIpc) is 3.12. The first-order valence-electron chi connectivity index (χ1n) is 11.5. The van der Waals surface area contributed by atoms with E-state index in [2.05, 4.69) is 18.8 Å². The van der Waals surface area contributed by atoms with E-state index < -0.39 is 5.97 Å². The zero-order valence-corrected chi connectivity index (χ0v) is 19.9. The third-order valence-electron chi connectivity index (χ3n) is 6.36. The van der Waals surface area contributed by atoms with Crippen LogP contribution in [0.5, 0.6) is 0 Å². The molecule has 0 bridgehead atoms. The summed E-state index contributed by atoms with van der Waals surface area (Å²) < 4.78 is 0. The van der Waals surface area contributed by atoms with Gasteiger partial charge in [0.2, 0.25) is 5.91 Å². The minimum atomic E-state index is -1.02. The van der Waals surface area contributed by atoms with Crippen LogP contribution in [-0.2, 0) is 4.79 Å². The smallest absolute Gasteiger partial charge is 0.348 e. The molecule has 0 unspecified atom stereocenters. The molecule has 31 heavy (non-hydrogen) atoms. The summed E-state index contributed by atoms with van der Waals surface area (Å²) in [5, 5.41) is 19.9. The second-order valence-corrected chi connectivity index (χ2v) is 11.3. The molecule has 2 N–H and O–H groups in total. The van der Waals surface area contributed by atoms with Gasteiger partial charge in [-0.25, -0.2) is 4.79 Å². The number of aromatic carboxylic acids is 1. The van der Waals surface area contributed by atoms with Crippen LogP contribution in [0.4, 0.5) is 5.69 Å². The van der Waals surface area contributed by atoms with Crippen molar-refractivity contribution in [3.8, 4) is 11.8 Å². The monoisotopic (exact) mass is 445 g/mol. The molecule has 2 aliphatic rings. The van der Waals surface area contributed by atoms with Gasteiger partial charge >= 0.3 is 5.97 Å². The summed E-state index contributed by atoms with van der Waals surface area (Å²) >= 11 is 1.15. The van der Waals surface area contributed by atoms with Crippen LogP contribution in [0, 0.1) is 29.1 Å². The number of hydrogen-bond donors (Lipinski definition) is 2. The molecule has 3 rings (SSSR count). The fourth-order valence-electron chi connectivity index (χ4n) is 4.54. The SMILES string of the molecule is CC(C)(C)C#Cc1cc(N(C(=O)[C@H]2CC[C@H](C)CC2)C2CCC(O)CC2)c(C(=O)O)s1. The van der Waals surface area contributed by atoms with Crippen molar-refractivity contribution < 1.29 is 19.8 Å². The van der Waals surface area contributed by atoms with E-state index in [4.69, 9.17) is 0 Å². The van der Waals surface area contributed by atoms with Crippen LogP contribution in [0.15, 0.2) is 6.07 Å². The Morgan fingerprint density at radius 2 is 1.68 bits per heavy atom. The van der Waals surface area contributed by atoms with Crippen molar-refractivity contribution in [2.24, 2.45) is 17.3 Å². The summed E-state index contributed by atoms with van der Waals surface area (Å²) in [6.07, 6.45) is 6.10. The van der Waals surface area contributed by atoms with E-state index in [1.807, 2.05) is 20.8 Å². The molecule has 2 saturated carbocycles. The molecule has 0 spiro atoms. The number of carboxylic acid groups (broad SMARTS) is 1. The maximum atomic E-state index is 13.7. The fraction of sp³-hybridized carbons (Fsp3) is 0.680. The lowest BCUT2D eigenvalue weighted by molar-refractivity contribution is -0.124. The third-order valence-corrected chi connectivity index (χ3v) is 7.39. The number of aliphatic hydroxyl groups is 1. The molecule has 2 fully saturated rings. The van der Waals surface area contributed by atoms with Crippen molar-refractivity contribution in [1.82, 2.24) is 0 Å². The normalized spacial score (nSPS) is 26.6. The Morgan fingerprint density at radius 3 is 2.23 bits per heavy atom. The van der Waals surface area contributed by atoms with Gasteiger partial charge in [-0.15, -0.1) is 11.3 Å². The van der Waals surface area contributed by atoms with E-state index >= 15 is 0 Å². The highest BCUT2D eigenvalue weighted by molar-refractivity contribution is 7.15. The highest BCUT2D eigenvalue weighted by atomic mass is 32.1. The van der Waals surface area contributed by atoms with E-state index in [-0.39, 0.29) is 34.3 Å². The first kappa shape index (κ1) is 23.8. The van der Waals surface area contributed by atoms with Crippen LogP contribution in [0.1, 0.15) is 93.6 Å². The fourth-order valence-corrected chi connectivity index (χ4v) is 5.38. The maximum Gasteiger partial charge on any atom is 0.348 e. The molecule has 1 amide bonds. The Balaban J connectivity index is 1.99. The van der Waals surface area contributed by atoms with Crippen LogP contribution in [-0.4, -0.2) is 34.2 Å². The lowest BCUT2D eigenvalue weighted by Gasteiger charge is -2.38. The topological polar surface area (TPSA) is 77.8 Å². The number of thiophene rings is 1. The molecule has 2 aliphatic carbocycles. The minimum absolute atomic E-state index is 0.0453. The third kappa shape index (κ3) is 6.11. The van der Waals surface area contributed by atoms with Gasteiger partial charge in [-0.05, 0) is 84.1 Å². The van der Waals surface area contributed by atoms with E-state index in [9.17, 15) is 19.8 Å². The van der Waals surface area contributed by atoms with Crippen LogP contribution >= 0.6 is 11.3 Å². The number of nitrogens with zero attached hydrogens (tertiary/aromatic N) is 1. The molecule has 1 aromatic heterocycles. The van der Waals surface area contributed by atoms with Gasteiger partial charge < -0.3 is 15.1 Å². The lowest BCUT2D eigenvalue weighted by Crippen LogP contribution is -2.47. The summed E-state index contributed by atoms with van der Waals surface area (Å²) in [6, 6.07) is 1.72. The Bertz CT molecular complexity index is 856. The zero-order chi connectivity index (χ0) is 22.8. The number of rotatable bonds is 4. The number of carboxylic acids is 1. The summed E-state index contributed by atoms with van der Waals surface area (Å²) in [5.74, 6) is 5.89. The van der Waals surface area contributed by atoms with Crippen LogP contribution in [0.3, 0.4) is 0 Å². The van der Waals surface area contributed by atoms with Crippen LogP contribution < -0.4 is 4.90 Å². The van der Waals surface area contributed by atoms with Crippen molar-refractivity contribution >= 4 is 28.9 Å². The zero-order valence-electron chi connectivity index (χ0n) is 19.1. The first-order valence-corrected chi connectivity index (χ1v) is 12.3. The first-order chi connectivity index (χ1) is 14.5. The molecule has 6 heteroatoms. The molecule has 170 valence electrons. The Hall–Kier alpha value is -1.84. The number of carbonyl (C=O) groups excluding carboxylic acids is 1. The van der Waals surface area contributed by atoms with Crippen LogP contribution in [0.2, 0.25) is 0 Å². The predicted molar refractivity (Wildman–Crippen MR) is 124 cm³/mol. The number of carbonyl (C=O) groups is 2. The minimum Gasteiger partial charge on any atom is -0.477 e. The molecule has 0 saturated heterocycles. The van der Waals surface area contributed by atoms with Crippen molar-refractivity contribution in [1.29, 1.82) is 0 Å². The van der Waals surface area contributed by atoms with Gasteiger partial charge in [0.15, 0.2) is 0 Å². The lowest BCUT2D eigenvalue weighted by atomic mass is 9.81. The number of aliphatic hydroxyl groups excluding tert-OH is 1. The number of anilines is 1. The standard InChI is InChI=1S/C25H35NO4S/c1-16-5-7-17(8-6-16)23(28)26(18-9-11-19(27)12-10-18)21-15-20(13-14-25(2,3)4)31-22(21)24(29)30/h15-19,27H,5-12H2,1-4H3,(H,29,30)/t16-,17-,18?,19?. The number of hydrogen-bond acceptors (Lipinski definition) is 4. The molecular weight excluding hydrogens is 410 g/mol. The number of amides is 1. The van der Waals surface area contributed by atoms with Crippen molar-refractivity contribution in [2.45, 2.75) is 91.2 Å². The Labute approximate surface area is 189 Å². The molecule has 1 aromatic rings. The van der Waals surface area contributed by atoms with Gasteiger partial charge in [-0.1, -0.05) is 18.8 Å². The average molecular weight is 446 g/mol. The van der Waals surface area contributed by atoms with Gasteiger partial charge in [0, 0.05) is 17.4 Å². The van der Waals surface area contributed by atoms with Gasteiger partial charge in [-0.3, -0.25) is 4.79 Å². The largest absolute Gasteiger partial charge is 0.477 e. The highest BCUT2D eigenvalue weighted by Gasteiger charge is 2.37. The molecule has 0 radical (unpaired) electrons. The van der Waals surface area contributed by atoms with Crippen molar-refractivity contribution in [3.63, 3.8) is 0 Å². The Kier molecular flexibility index (Phi) is 7.49. The summed E-state index contributed by atoms with van der Waals surface area (Å²) in [5.41, 5.74) is 0.294. The van der Waals surface area contributed by atoms with Crippen molar-refractivity contribution in [2.75, 3.05) is 4.90 Å². The summed E-state index contributed by atoms with van der Waals surface area (Å²) in [7, 11) is 0. The van der Waals surface area contributed by atoms with E-state index in [1.165, 1.54) is 0 Å². The maximum absolute atomic E-state index is 13.7. The van der Waals surface area contributed by atoms with Gasteiger partial charge in [0.25, 0.3) is 0 Å². The predicted octanol–water partition coefficient (Wildman–Crippen LogP) is 5.31. The molecule has 0 aromatic carbocycles. The van der Waals surface area contributed by atoms with E-state index in [0.29, 0.717) is 42.2 Å².